The summed E-state index contributed by atoms with van der Waals surface area (Å²) in [4.78, 5) is 10.4. The molecular weight excluding hydrogens is 230 g/mol. The SMILES string of the molecule is CC(C)CC(C)n1cc(CCCCC(=O)O)nn1. The Morgan fingerprint density at radius 1 is 1.39 bits per heavy atom. The molecule has 0 aromatic carbocycles. The van der Waals surface area contributed by atoms with Crippen molar-refractivity contribution in [1.82, 2.24) is 15.0 Å². The molecule has 1 rings (SSSR count). The van der Waals surface area contributed by atoms with E-state index in [1.807, 2.05) is 10.9 Å². The summed E-state index contributed by atoms with van der Waals surface area (Å²) in [6, 6.07) is 0.366. The lowest BCUT2D eigenvalue weighted by molar-refractivity contribution is -0.137. The first-order chi connectivity index (χ1) is 8.49. The average Bonchev–Trinajstić information content (AvgIpc) is 2.72. The molecule has 1 aromatic rings. The van der Waals surface area contributed by atoms with Gasteiger partial charge < -0.3 is 5.11 Å². The van der Waals surface area contributed by atoms with Crippen molar-refractivity contribution in [2.24, 2.45) is 5.92 Å². The standard InChI is InChI=1S/C13H23N3O2/c1-10(2)8-11(3)16-9-12(14-15-16)6-4-5-7-13(17)18/h9-11H,4-8H2,1-3H3,(H,17,18). The number of aromatic nitrogens is 3. The maximum atomic E-state index is 10.4. The molecule has 1 heterocycles. The summed E-state index contributed by atoms with van der Waals surface area (Å²) in [5.41, 5.74) is 0.955. The lowest BCUT2D eigenvalue weighted by atomic mass is 10.1. The third-order valence-electron chi connectivity index (χ3n) is 2.90. The normalized spacial score (nSPS) is 12.9. The number of carboxylic acids is 1. The van der Waals surface area contributed by atoms with Crippen LogP contribution in [0.15, 0.2) is 6.20 Å². The van der Waals surface area contributed by atoms with Gasteiger partial charge in [-0.05, 0) is 38.5 Å². The van der Waals surface area contributed by atoms with Gasteiger partial charge >= 0.3 is 5.97 Å². The Morgan fingerprint density at radius 2 is 2.11 bits per heavy atom. The molecule has 1 N–H and O–H groups in total. The van der Waals surface area contributed by atoms with Gasteiger partial charge in [-0.25, -0.2) is 4.68 Å². The number of carbonyl (C=O) groups is 1. The van der Waals surface area contributed by atoms with Gasteiger partial charge in [0.05, 0.1) is 11.7 Å². The summed E-state index contributed by atoms with van der Waals surface area (Å²) in [5.74, 6) is -0.0903. The van der Waals surface area contributed by atoms with Gasteiger partial charge in [-0.3, -0.25) is 4.79 Å². The monoisotopic (exact) mass is 253 g/mol. The zero-order valence-corrected chi connectivity index (χ0v) is 11.5. The zero-order valence-electron chi connectivity index (χ0n) is 11.5. The van der Waals surface area contributed by atoms with E-state index in [9.17, 15) is 4.79 Å². The van der Waals surface area contributed by atoms with Crippen molar-refractivity contribution >= 4 is 5.97 Å². The number of nitrogens with zero attached hydrogens (tertiary/aromatic N) is 3. The van der Waals surface area contributed by atoms with Crippen molar-refractivity contribution in [1.29, 1.82) is 0 Å². The third kappa shape index (κ3) is 5.29. The number of hydrogen-bond acceptors (Lipinski definition) is 3. The minimum absolute atomic E-state index is 0.234. The molecule has 102 valence electrons. The molecule has 5 nitrogen and oxygen atoms in total. The molecule has 0 bridgehead atoms. The van der Waals surface area contributed by atoms with Crippen LogP contribution in [0, 0.1) is 5.92 Å². The number of carboxylic acid groups (broad SMARTS) is 1. The van der Waals surface area contributed by atoms with Crippen LogP contribution in [0.4, 0.5) is 0 Å². The maximum Gasteiger partial charge on any atom is 0.303 e. The summed E-state index contributed by atoms with van der Waals surface area (Å²) in [5, 5.41) is 16.8. The van der Waals surface area contributed by atoms with Crippen molar-refractivity contribution in [3.63, 3.8) is 0 Å². The van der Waals surface area contributed by atoms with E-state index >= 15 is 0 Å². The first-order valence-electron chi connectivity index (χ1n) is 6.61. The van der Waals surface area contributed by atoms with E-state index in [4.69, 9.17) is 5.11 Å². The highest BCUT2D eigenvalue weighted by Crippen LogP contribution is 2.16. The zero-order chi connectivity index (χ0) is 13.5. The summed E-state index contributed by atoms with van der Waals surface area (Å²) in [6.07, 6.45) is 5.66. The molecule has 1 aromatic heterocycles. The topological polar surface area (TPSA) is 68.0 Å². The lowest BCUT2D eigenvalue weighted by Gasteiger charge is -2.13. The molecule has 0 fully saturated rings. The predicted octanol–water partition coefficient (Wildman–Crippen LogP) is 2.68. The fraction of sp³-hybridized carbons (Fsp3) is 0.769. The Morgan fingerprint density at radius 3 is 2.72 bits per heavy atom. The first kappa shape index (κ1) is 14.7. The molecule has 0 aliphatic carbocycles. The largest absolute Gasteiger partial charge is 0.481 e. The molecule has 0 amide bonds. The Bertz CT molecular complexity index is 374. The van der Waals surface area contributed by atoms with Crippen LogP contribution in [-0.2, 0) is 11.2 Å². The van der Waals surface area contributed by atoms with Gasteiger partial charge in [0.15, 0.2) is 0 Å². The van der Waals surface area contributed by atoms with E-state index in [1.165, 1.54) is 0 Å². The van der Waals surface area contributed by atoms with Crippen LogP contribution >= 0.6 is 0 Å². The molecule has 0 saturated heterocycles. The van der Waals surface area contributed by atoms with Crippen molar-refractivity contribution in [3.8, 4) is 0 Å². The highest BCUT2D eigenvalue weighted by atomic mass is 16.4. The second-order valence-electron chi connectivity index (χ2n) is 5.27. The maximum absolute atomic E-state index is 10.4. The second-order valence-corrected chi connectivity index (χ2v) is 5.27. The Balaban J connectivity index is 2.36. The quantitative estimate of drug-likeness (QED) is 0.723. The van der Waals surface area contributed by atoms with Crippen LogP contribution in [-0.4, -0.2) is 26.1 Å². The van der Waals surface area contributed by atoms with Gasteiger partial charge in [0.2, 0.25) is 0 Å². The fourth-order valence-corrected chi connectivity index (χ4v) is 2.02. The van der Waals surface area contributed by atoms with Gasteiger partial charge in [-0.15, -0.1) is 5.10 Å². The highest BCUT2D eigenvalue weighted by Gasteiger charge is 2.09. The molecule has 1 unspecified atom stereocenters. The van der Waals surface area contributed by atoms with E-state index in [1.54, 1.807) is 0 Å². The van der Waals surface area contributed by atoms with E-state index in [0.29, 0.717) is 18.4 Å². The Hall–Kier alpha value is -1.39. The first-order valence-corrected chi connectivity index (χ1v) is 6.61. The smallest absolute Gasteiger partial charge is 0.303 e. The molecule has 0 radical (unpaired) electrons. The van der Waals surface area contributed by atoms with Crippen LogP contribution in [0.3, 0.4) is 0 Å². The highest BCUT2D eigenvalue weighted by molar-refractivity contribution is 5.66. The van der Waals surface area contributed by atoms with Crippen LogP contribution in [0.1, 0.15) is 58.2 Å². The van der Waals surface area contributed by atoms with E-state index in [-0.39, 0.29) is 6.42 Å². The van der Waals surface area contributed by atoms with Gasteiger partial charge in [0.1, 0.15) is 0 Å². The minimum atomic E-state index is -0.732. The number of rotatable bonds is 8. The molecule has 0 saturated carbocycles. The molecule has 5 heteroatoms. The van der Waals surface area contributed by atoms with Gasteiger partial charge in [-0.2, -0.15) is 0 Å². The fourth-order valence-electron chi connectivity index (χ4n) is 2.02. The average molecular weight is 253 g/mol. The van der Waals surface area contributed by atoms with Crippen molar-refractivity contribution in [3.05, 3.63) is 11.9 Å². The van der Waals surface area contributed by atoms with Crippen LogP contribution in [0.2, 0.25) is 0 Å². The van der Waals surface area contributed by atoms with Crippen LogP contribution in [0.25, 0.3) is 0 Å². The number of aryl methyl sites for hydroxylation is 1. The van der Waals surface area contributed by atoms with Gasteiger partial charge in [0.25, 0.3) is 0 Å². The molecule has 1 atom stereocenters. The number of unbranched alkanes of at least 4 members (excludes halogenated alkanes) is 1. The molecule has 0 aliphatic heterocycles. The van der Waals surface area contributed by atoms with Crippen molar-refractivity contribution < 1.29 is 9.90 Å². The van der Waals surface area contributed by atoms with Gasteiger partial charge in [-0.1, -0.05) is 19.1 Å². The van der Waals surface area contributed by atoms with E-state index in [2.05, 4.69) is 31.1 Å². The van der Waals surface area contributed by atoms with E-state index < -0.39 is 5.97 Å². The molecular formula is C13H23N3O2. The van der Waals surface area contributed by atoms with Crippen molar-refractivity contribution in [2.45, 2.75) is 58.9 Å². The second kappa shape index (κ2) is 7.13. The molecule has 18 heavy (non-hydrogen) atoms. The molecule has 0 aliphatic rings. The van der Waals surface area contributed by atoms with E-state index in [0.717, 1.165) is 25.0 Å². The van der Waals surface area contributed by atoms with Crippen LogP contribution in [0.5, 0.6) is 0 Å². The Labute approximate surface area is 108 Å². The summed E-state index contributed by atoms with van der Waals surface area (Å²) >= 11 is 0. The number of hydrogen-bond donors (Lipinski definition) is 1. The summed E-state index contributed by atoms with van der Waals surface area (Å²) in [7, 11) is 0. The lowest BCUT2D eigenvalue weighted by Crippen LogP contribution is -2.08. The summed E-state index contributed by atoms with van der Waals surface area (Å²) in [6.45, 7) is 6.53. The Kier molecular flexibility index (Phi) is 5.82. The summed E-state index contributed by atoms with van der Waals surface area (Å²) < 4.78 is 1.91. The van der Waals surface area contributed by atoms with Gasteiger partial charge in [0, 0.05) is 12.6 Å². The minimum Gasteiger partial charge on any atom is -0.481 e. The predicted molar refractivity (Wildman–Crippen MR) is 69.4 cm³/mol. The molecule has 0 spiro atoms. The third-order valence-corrected chi connectivity index (χ3v) is 2.90. The van der Waals surface area contributed by atoms with Crippen LogP contribution < -0.4 is 0 Å². The van der Waals surface area contributed by atoms with Crippen molar-refractivity contribution in [2.75, 3.05) is 0 Å². The number of aliphatic carboxylic acids is 1.